The highest BCUT2D eigenvalue weighted by Gasteiger charge is 2.22. The average Bonchev–Trinajstić information content (AvgIpc) is 2.16. The summed E-state index contributed by atoms with van der Waals surface area (Å²) < 4.78 is 0. The molecule has 0 N–H and O–H groups in total. The maximum Gasteiger partial charge on any atom is 0.127 e. The summed E-state index contributed by atoms with van der Waals surface area (Å²) in [7, 11) is -1.48. The zero-order chi connectivity index (χ0) is 11.5. The Bertz CT molecular complexity index is 333. The van der Waals surface area contributed by atoms with Gasteiger partial charge in [-0.25, -0.2) is 0 Å². The Balaban J connectivity index is 2.90. The van der Waals surface area contributed by atoms with Crippen LogP contribution in [0.1, 0.15) is 20.8 Å². The van der Waals surface area contributed by atoms with Crippen LogP contribution in [0.25, 0.3) is 0 Å². The highest BCUT2D eigenvalue weighted by molar-refractivity contribution is 6.93. The molecule has 0 unspecified atom stereocenters. The lowest BCUT2D eigenvalue weighted by Crippen LogP contribution is -2.41. The first-order valence-electron chi connectivity index (χ1n) is 5.43. The fourth-order valence-corrected chi connectivity index (χ4v) is 3.31. The van der Waals surface area contributed by atoms with Crippen molar-refractivity contribution in [1.82, 2.24) is 4.98 Å². The van der Waals surface area contributed by atoms with Gasteiger partial charge in [0, 0.05) is 11.5 Å². The SMILES string of the molecule is CC(C)(C)/C=C/[Si](C)(C)c1ccccn1. The normalized spacial score (nSPS) is 13.4. The van der Waals surface area contributed by atoms with E-state index in [1.54, 1.807) is 0 Å². The molecular weight excluding hydrogens is 198 g/mol. The van der Waals surface area contributed by atoms with Gasteiger partial charge in [0.05, 0.1) is 0 Å². The van der Waals surface area contributed by atoms with Crippen molar-refractivity contribution in [3.05, 3.63) is 36.2 Å². The van der Waals surface area contributed by atoms with E-state index in [-0.39, 0.29) is 5.41 Å². The molecule has 0 aliphatic rings. The highest BCUT2D eigenvalue weighted by atomic mass is 28.3. The number of rotatable bonds is 2. The lowest BCUT2D eigenvalue weighted by molar-refractivity contribution is 0.545. The number of hydrogen-bond donors (Lipinski definition) is 0. The first-order valence-corrected chi connectivity index (χ1v) is 8.51. The minimum absolute atomic E-state index is 0.263. The average molecular weight is 219 g/mol. The van der Waals surface area contributed by atoms with E-state index in [2.05, 4.69) is 62.8 Å². The molecule has 0 bridgehead atoms. The zero-order valence-electron chi connectivity index (χ0n) is 10.4. The Morgan fingerprint density at radius 1 is 1.20 bits per heavy atom. The third-order valence-electron chi connectivity index (χ3n) is 2.33. The van der Waals surface area contributed by atoms with Crippen LogP contribution in [0, 0.1) is 5.41 Å². The van der Waals surface area contributed by atoms with Crippen molar-refractivity contribution >= 4 is 13.4 Å². The molecule has 82 valence electrons. The van der Waals surface area contributed by atoms with Crippen LogP contribution < -0.4 is 5.32 Å². The number of aromatic nitrogens is 1. The summed E-state index contributed by atoms with van der Waals surface area (Å²) in [6.45, 7) is 11.3. The topological polar surface area (TPSA) is 12.9 Å². The standard InChI is InChI=1S/C13H21NSi/c1-13(2,3)9-11-15(4,5)12-8-6-7-10-14-12/h6-11H,1-5H3/b11-9+. The molecule has 0 fully saturated rings. The predicted octanol–water partition coefficient (Wildman–Crippen LogP) is 3.14. The van der Waals surface area contributed by atoms with Gasteiger partial charge in [0.1, 0.15) is 8.07 Å². The van der Waals surface area contributed by atoms with Gasteiger partial charge in [0.2, 0.25) is 0 Å². The Labute approximate surface area is 94.3 Å². The molecule has 0 aromatic carbocycles. The zero-order valence-corrected chi connectivity index (χ0v) is 11.4. The van der Waals surface area contributed by atoms with Crippen LogP contribution in [0.2, 0.25) is 13.1 Å². The molecule has 2 heteroatoms. The first kappa shape index (κ1) is 12.2. The molecule has 0 spiro atoms. The molecule has 0 aliphatic heterocycles. The highest BCUT2D eigenvalue weighted by Crippen LogP contribution is 2.16. The second-order valence-electron chi connectivity index (χ2n) is 5.64. The number of nitrogens with zero attached hydrogens (tertiary/aromatic N) is 1. The maximum absolute atomic E-state index is 4.46. The van der Waals surface area contributed by atoms with E-state index >= 15 is 0 Å². The second-order valence-corrected chi connectivity index (χ2v) is 9.93. The Kier molecular flexibility index (Phi) is 3.50. The van der Waals surface area contributed by atoms with Crippen molar-refractivity contribution in [2.75, 3.05) is 0 Å². The molecule has 1 nitrogen and oxygen atoms in total. The van der Waals surface area contributed by atoms with Gasteiger partial charge in [-0.15, -0.1) is 0 Å². The Hall–Kier alpha value is -0.893. The third-order valence-corrected chi connectivity index (χ3v) is 4.94. The molecule has 15 heavy (non-hydrogen) atoms. The minimum Gasteiger partial charge on any atom is -0.266 e. The summed E-state index contributed by atoms with van der Waals surface area (Å²) in [5, 5.41) is 1.26. The van der Waals surface area contributed by atoms with Gasteiger partial charge in [0.15, 0.2) is 0 Å². The Morgan fingerprint density at radius 3 is 2.33 bits per heavy atom. The number of pyridine rings is 1. The van der Waals surface area contributed by atoms with Crippen LogP contribution in [-0.4, -0.2) is 13.1 Å². The minimum atomic E-state index is -1.48. The van der Waals surface area contributed by atoms with Crippen molar-refractivity contribution in [2.45, 2.75) is 33.9 Å². The van der Waals surface area contributed by atoms with E-state index in [1.165, 1.54) is 5.32 Å². The summed E-state index contributed by atoms with van der Waals surface area (Å²) in [4.78, 5) is 4.46. The Morgan fingerprint density at radius 2 is 1.87 bits per heavy atom. The van der Waals surface area contributed by atoms with Gasteiger partial charge in [-0.2, -0.15) is 0 Å². The molecule has 1 rings (SSSR count). The van der Waals surface area contributed by atoms with Crippen molar-refractivity contribution in [3.63, 3.8) is 0 Å². The summed E-state index contributed by atoms with van der Waals surface area (Å²) in [6, 6.07) is 6.18. The van der Waals surface area contributed by atoms with Gasteiger partial charge in [-0.1, -0.05) is 51.7 Å². The predicted molar refractivity (Wildman–Crippen MR) is 69.9 cm³/mol. The van der Waals surface area contributed by atoms with Gasteiger partial charge < -0.3 is 0 Å². The molecule has 0 radical (unpaired) electrons. The van der Waals surface area contributed by atoms with E-state index < -0.39 is 8.07 Å². The lowest BCUT2D eigenvalue weighted by Gasteiger charge is -2.20. The molecule has 0 aliphatic carbocycles. The van der Waals surface area contributed by atoms with E-state index in [0.29, 0.717) is 0 Å². The summed E-state index contributed by atoms with van der Waals surface area (Å²) in [5.41, 5.74) is 2.65. The summed E-state index contributed by atoms with van der Waals surface area (Å²) in [5.74, 6) is 0. The third kappa shape index (κ3) is 4.00. The van der Waals surface area contributed by atoms with E-state index in [1.807, 2.05) is 12.3 Å². The van der Waals surface area contributed by atoms with E-state index in [9.17, 15) is 0 Å². The van der Waals surface area contributed by atoms with Crippen LogP contribution in [0.4, 0.5) is 0 Å². The second kappa shape index (κ2) is 4.31. The molecule has 1 heterocycles. The molecule has 1 aromatic rings. The van der Waals surface area contributed by atoms with Crippen LogP contribution in [0.3, 0.4) is 0 Å². The van der Waals surface area contributed by atoms with Crippen molar-refractivity contribution in [2.24, 2.45) is 5.41 Å². The van der Waals surface area contributed by atoms with Crippen LogP contribution in [-0.2, 0) is 0 Å². The van der Waals surface area contributed by atoms with Crippen molar-refractivity contribution < 1.29 is 0 Å². The summed E-state index contributed by atoms with van der Waals surface area (Å²) in [6.07, 6.45) is 4.20. The number of allylic oxidation sites excluding steroid dienone is 1. The molecule has 1 aromatic heterocycles. The monoisotopic (exact) mass is 219 g/mol. The lowest BCUT2D eigenvalue weighted by atomic mass is 9.98. The quantitative estimate of drug-likeness (QED) is 0.696. The fraction of sp³-hybridized carbons (Fsp3) is 0.462. The fourth-order valence-electron chi connectivity index (χ4n) is 1.29. The van der Waals surface area contributed by atoms with Crippen molar-refractivity contribution in [1.29, 1.82) is 0 Å². The van der Waals surface area contributed by atoms with Crippen LogP contribution in [0.5, 0.6) is 0 Å². The van der Waals surface area contributed by atoms with Gasteiger partial charge in [-0.05, 0) is 17.5 Å². The van der Waals surface area contributed by atoms with Gasteiger partial charge >= 0.3 is 0 Å². The first-order chi connectivity index (χ1) is 6.81. The smallest absolute Gasteiger partial charge is 0.127 e. The summed E-state index contributed by atoms with van der Waals surface area (Å²) >= 11 is 0. The number of hydrogen-bond acceptors (Lipinski definition) is 1. The van der Waals surface area contributed by atoms with Crippen molar-refractivity contribution in [3.8, 4) is 0 Å². The van der Waals surface area contributed by atoms with Crippen LogP contribution >= 0.6 is 0 Å². The molecule has 0 amide bonds. The molecule has 0 atom stereocenters. The van der Waals surface area contributed by atoms with Gasteiger partial charge in [-0.3, -0.25) is 4.98 Å². The molecular formula is C13H21NSi. The largest absolute Gasteiger partial charge is 0.266 e. The molecule has 0 saturated heterocycles. The molecule has 0 saturated carbocycles. The van der Waals surface area contributed by atoms with E-state index in [4.69, 9.17) is 0 Å². The van der Waals surface area contributed by atoms with Crippen LogP contribution in [0.15, 0.2) is 36.2 Å². The van der Waals surface area contributed by atoms with E-state index in [0.717, 1.165) is 0 Å². The van der Waals surface area contributed by atoms with Gasteiger partial charge in [0.25, 0.3) is 0 Å². The maximum atomic E-state index is 4.46.